The van der Waals surface area contributed by atoms with Crippen LogP contribution >= 0.6 is 0 Å². The van der Waals surface area contributed by atoms with Crippen molar-refractivity contribution in [2.24, 2.45) is 5.92 Å². The molecule has 2 aliphatic carbocycles. The number of carbonyl (C=O) groups excluding carboxylic acids is 1. The second-order valence-electron chi connectivity index (χ2n) is 9.28. The van der Waals surface area contributed by atoms with Crippen LogP contribution in [0.4, 0.5) is 4.79 Å². The van der Waals surface area contributed by atoms with Gasteiger partial charge in [0.05, 0.1) is 0 Å². The third-order valence-electron chi connectivity index (χ3n) is 6.53. The average Bonchev–Trinajstić information content (AvgIpc) is 3.53. The Morgan fingerprint density at radius 2 is 1.71 bits per heavy atom. The van der Waals surface area contributed by atoms with E-state index >= 15 is 0 Å². The summed E-state index contributed by atoms with van der Waals surface area (Å²) in [4.78, 5) is 15.1. The van der Waals surface area contributed by atoms with Crippen molar-refractivity contribution in [3.8, 4) is 11.1 Å². The molecule has 0 aromatic heterocycles. The molecule has 1 saturated carbocycles. The monoisotopic (exact) mass is 420 g/mol. The second-order valence-corrected chi connectivity index (χ2v) is 9.28. The Labute approximate surface area is 187 Å². The van der Waals surface area contributed by atoms with Crippen molar-refractivity contribution < 1.29 is 9.53 Å². The highest BCUT2D eigenvalue weighted by atomic mass is 16.5. The Bertz CT molecular complexity index is 832. The SMILES string of the molecule is CCCCCN(CC1CC1)CC(C)NC(=O)OCC1c2ccccc2-c2ccccc21. The molecule has 0 spiro atoms. The number of carbonyl (C=O) groups is 1. The smallest absolute Gasteiger partial charge is 0.407 e. The zero-order valence-electron chi connectivity index (χ0n) is 19.0. The molecule has 166 valence electrons. The first-order valence-corrected chi connectivity index (χ1v) is 12.0. The fourth-order valence-corrected chi connectivity index (χ4v) is 4.78. The van der Waals surface area contributed by atoms with Crippen molar-refractivity contribution >= 4 is 6.09 Å². The van der Waals surface area contributed by atoms with Gasteiger partial charge in [0.15, 0.2) is 0 Å². The lowest BCUT2D eigenvalue weighted by atomic mass is 9.98. The predicted molar refractivity (Wildman–Crippen MR) is 126 cm³/mol. The Balaban J connectivity index is 1.29. The van der Waals surface area contributed by atoms with E-state index in [-0.39, 0.29) is 18.1 Å². The molecular weight excluding hydrogens is 384 g/mol. The average molecular weight is 421 g/mol. The molecule has 1 fully saturated rings. The molecule has 1 N–H and O–H groups in total. The van der Waals surface area contributed by atoms with E-state index in [9.17, 15) is 4.79 Å². The van der Waals surface area contributed by atoms with Crippen molar-refractivity contribution in [2.75, 3.05) is 26.2 Å². The molecule has 4 rings (SSSR count). The van der Waals surface area contributed by atoms with E-state index in [0.29, 0.717) is 6.61 Å². The first kappa shape index (κ1) is 21.9. The molecule has 0 saturated heterocycles. The number of hydrogen-bond donors (Lipinski definition) is 1. The van der Waals surface area contributed by atoms with Crippen LogP contribution in [-0.2, 0) is 4.74 Å². The van der Waals surface area contributed by atoms with E-state index in [0.717, 1.165) is 19.0 Å². The second kappa shape index (κ2) is 10.3. The van der Waals surface area contributed by atoms with Crippen molar-refractivity contribution in [2.45, 2.75) is 57.9 Å². The molecule has 31 heavy (non-hydrogen) atoms. The van der Waals surface area contributed by atoms with E-state index in [2.05, 4.69) is 72.6 Å². The molecule has 0 bridgehead atoms. The van der Waals surface area contributed by atoms with Crippen molar-refractivity contribution in [1.29, 1.82) is 0 Å². The molecule has 1 unspecified atom stereocenters. The maximum absolute atomic E-state index is 12.6. The van der Waals surface area contributed by atoms with Gasteiger partial charge in [0.25, 0.3) is 0 Å². The topological polar surface area (TPSA) is 41.6 Å². The van der Waals surface area contributed by atoms with Crippen LogP contribution in [-0.4, -0.2) is 43.3 Å². The highest BCUT2D eigenvalue weighted by Gasteiger charge is 2.29. The maximum Gasteiger partial charge on any atom is 0.407 e. The molecular formula is C27H36N2O2. The highest BCUT2D eigenvalue weighted by molar-refractivity contribution is 5.79. The van der Waals surface area contributed by atoms with Gasteiger partial charge >= 0.3 is 6.09 Å². The summed E-state index contributed by atoms with van der Waals surface area (Å²) < 4.78 is 5.72. The van der Waals surface area contributed by atoms with Crippen LogP contribution in [0.3, 0.4) is 0 Å². The van der Waals surface area contributed by atoms with Crippen molar-refractivity contribution in [1.82, 2.24) is 10.2 Å². The van der Waals surface area contributed by atoms with Gasteiger partial charge in [-0.25, -0.2) is 4.79 Å². The summed E-state index contributed by atoms with van der Waals surface area (Å²) >= 11 is 0. The van der Waals surface area contributed by atoms with Crippen LogP contribution < -0.4 is 5.32 Å². The van der Waals surface area contributed by atoms with Crippen LogP contribution in [0.1, 0.15) is 63.0 Å². The number of amides is 1. The number of hydrogen-bond acceptors (Lipinski definition) is 3. The molecule has 4 heteroatoms. The Kier molecular flexibility index (Phi) is 7.29. The maximum atomic E-state index is 12.6. The van der Waals surface area contributed by atoms with Gasteiger partial charge < -0.3 is 15.0 Å². The van der Waals surface area contributed by atoms with E-state index < -0.39 is 0 Å². The van der Waals surface area contributed by atoms with Crippen LogP contribution in [0, 0.1) is 5.92 Å². The largest absolute Gasteiger partial charge is 0.449 e. The quantitative estimate of drug-likeness (QED) is 0.466. The first-order chi connectivity index (χ1) is 15.2. The minimum absolute atomic E-state index is 0.0797. The van der Waals surface area contributed by atoms with E-state index in [1.807, 2.05) is 0 Å². The third kappa shape index (κ3) is 5.68. The van der Waals surface area contributed by atoms with Gasteiger partial charge in [0, 0.05) is 25.0 Å². The van der Waals surface area contributed by atoms with Crippen molar-refractivity contribution in [3.63, 3.8) is 0 Å². The standard InChI is InChI=1S/C27H36N2O2/c1-3-4-9-16-29(18-21-14-15-21)17-20(2)28-27(30)31-19-26-24-12-7-5-10-22(24)23-11-6-8-13-25(23)26/h5-8,10-13,20-21,26H,3-4,9,14-19H2,1-2H3,(H,28,30). The van der Waals surface area contributed by atoms with Crippen LogP contribution in [0.2, 0.25) is 0 Å². The first-order valence-electron chi connectivity index (χ1n) is 12.0. The minimum Gasteiger partial charge on any atom is -0.449 e. The number of alkyl carbamates (subject to hydrolysis) is 1. The van der Waals surface area contributed by atoms with Gasteiger partial charge in [-0.15, -0.1) is 0 Å². The lowest BCUT2D eigenvalue weighted by Gasteiger charge is -2.26. The molecule has 4 nitrogen and oxygen atoms in total. The van der Waals surface area contributed by atoms with E-state index in [1.165, 1.54) is 60.9 Å². The summed E-state index contributed by atoms with van der Waals surface area (Å²) in [5.74, 6) is 0.970. The number of ether oxygens (including phenoxy) is 1. The molecule has 0 radical (unpaired) electrons. The number of fused-ring (bicyclic) bond motifs is 3. The third-order valence-corrected chi connectivity index (χ3v) is 6.53. The molecule has 2 aliphatic rings. The van der Waals surface area contributed by atoms with Gasteiger partial charge in [-0.05, 0) is 60.9 Å². The van der Waals surface area contributed by atoms with Gasteiger partial charge in [-0.3, -0.25) is 0 Å². The van der Waals surface area contributed by atoms with E-state index in [1.54, 1.807) is 0 Å². The minimum atomic E-state index is -0.311. The number of rotatable bonds is 11. The van der Waals surface area contributed by atoms with E-state index in [4.69, 9.17) is 4.74 Å². The zero-order valence-corrected chi connectivity index (χ0v) is 19.0. The van der Waals surface area contributed by atoms with Gasteiger partial charge in [0.1, 0.15) is 6.61 Å². The van der Waals surface area contributed by atoms with Crippen LogP contribution in [0.5, 0.6) is 0 Å². The fraction of sp³-hybridized carbons (Fsp3) is 0.519. The number of nitrogens with zero attached hydrogens (tertiary/aromatic N) is 1. The Hall–Kier alpha value is -2.33. The summed E-state index contributed by atoms with van der Waals surface area (Å²) in [6.07, 6.45) is 6.16. The van der Waals surface area contributed by atoms with Gasteiger partial charge in [-0.1, -0.05) is 68.3 Å². The Morgan fingerprint density at radius 1 is 1.06 bits per heavy atom. The summed E-state index contributed by atoms with van der Waals surface area (Å²) in [5.41, 5.74) is 5.00. The molecule has 1 atom stereocenters. The summed E-state index contributed by atoms with van der Waals surface area (Å²) in [6, 6.07) is 17.0. The molecule has 2 aromatic carbocycles. The molecule has 0 heterocycles. The fourth-order valence-electron chi connectivity index (χ4n) is 4.78. The predicted octanol–water partition coefficient (Wildman–Crippen LogP) is 5.82. The summed E-state index contributed by atoms with van der Waals surface area (Å²) in [5, 5.41) is 3.06. The summed E-state index contributed by atoms with van der Waals surface area (Å²) in [6.45, 7) is 7.88. The molecule has 2 aromatic rings. The number of benzene rings is 2. The molecule has 1 amide bonds. The van der Waals surface area contributed by atoms with Crippen LogP contribution in [0.25, 0.3) is 11.1 Å². The molecule has 0 aliphatic heterocycles. The van der Waals surface area contributed by atoms with Crippen LogP contribution in [0.15, 0.2) is 48.5 Å². The normalized spacial score (nSPS) is 16.1. The highest BCUT2D eigenvalue weighted by Crippen LogP contribution is 2.44. The number of nitrogens with one attached hydrogen (secondary N) is 1. The van der Waals surface area contributed by atoms with Gasteiger partial charge in [-0.2, -0.15) is 0 Å². The lowest BCUT2D eigenvalue weighted by molar-refractivity contribution is 0.135. The number of unbranched alkanes of at least 4 members (excludes halogenated alkanes) is 2. The van der Waals surface area contributed by atoms with Crippen molar-refractivity contribution in [3.05, 3.63) is 59.7 Å². The summed E-state index contributed by atoms with van der Waals surface area (Å²) in [7, 11) is 0. The Morgan fingerprint density at radius 3 is 2.32 bits per heavy atom. The lowest BCUT2D eigenvalue weighted by Crippen LogP contribution is -2.43. The van der Waals surface area contributed by atoms with Gasteiger partial charge in [0.2, 0.25) is 0 Å². The zero-order chi connectivity index (χ0) is 21.6.